The number of primary amides is 1. The number of Topliss-reactive ketones (excluding diaryl/α,β-unsaturated/α-hetero) is 1. The molecule has 2 amide bonds. The Morgan fingerprint density at radius 3 is 2.42 bits per heavy atom. The van der Waals surface area contributed by atoms with Crippen molar-refractivity contribution in [3.63, 3.8) is 0 Å². The first-order valence-electron chi connectivity index (χ1n) is 10.7. The molecule has 2 aromatic heterocycles. The molecule has 0 bridgehead atoms. The molecule has 8 nitrogen and oxygen atoms in total. The SMILES string of the molecule is Cc1c(C(N)=O)cc(C(=O)CN2CCN(C(=O)c3ccco3)CC2)n1Cc1ccccc1F. The predicted octanol–water partition coefficient (Wildman–Crippen LogP) is 2.32. The second-order valence-electron chi connectivity index (χ2n) is 8.04. The number of carbonyl (C=O) groups excluding carboxylic acids is 3. The van der Waals surface area contributed by atoms with E-state index in [1.54, 1.807) is 46.7 Å². The summed E-state index contributed by atoms with van der Waals surface area (Å²) in [6, 6.07) is 11.1. The highest BCUT2D eigenvalue weighted by Crippen LogP contribution is 2.20. The number of rotatable bonds is 7. The highest BCUT2D eigenvalue weighted by atomic mass is 19.1. The van der Waals surface area contributed by atoms with Crippen LogP contribution in [-0.4, -0.2) is 64.7 Å². The number of furan rings is 1. The third-order valence-electron chi connectivity index (χ3n) is 5.96. The van der Waals surface area contributed by atoms with E-state index in [0.717, 1.165) is 0 Å². The monoisotopic (exact) mass is 452 g/mol. The molecule has 0 aliphatic carbocycles. The molecule has 0 spiro atoms. The number of carbonyl (C=O) groups is 3. The van der Waals surface area contributed by atoms with E-state index in [9.17, 15) is 18.8 Å². The van der Waals surface area contributed by atoms with Gasteiger partial charge in [0.1, 0.15) is 5.82 Å². The molecule has 0 atom stereocenters. The third-order valence-corrected chi connectivity index (χ3v) is 5.96. The Hall–Kier alpha value is -3.72. The predicted molar refractivity (Wildman–Crippen MR) is 119 cm³/mol. The summed E-state index contributed by atoms with van der Waals surface area (Å²) in [5.74, 6) is -1.11. The molecule has 9 heteroatoms. The van der Waals surface area contributed by atoms with Crippen molar-refractivity contribution < 1.29 is 23.2 Å². The molecular formula is C24H25FN4O4. The van der Waals surface area contributed by atoms with Gasteiger partial charge in [0, 0.05) is 37.4 Å². The Kier molecular flexibility index (Phi) is 6.41. The fraction of sp³-hybridized carbons (Fsp3) is 0.292. The van der Waals surface area contributed by atoms with Crippen LogP contribution >= 0.6 is 0 Å². The standard InChI is InChI=1S/C24H25FN4O4/c1-16-18(23(26)31)13-20(29(16)14-17-5-2-3-6-19(17)25)21(30)15-27-8-10-28(11-9-27)24(32)22-7-4-12-33-22/h2-7,12-13H,8-11,14-15H2,1H3,(H2,26,31). The molecule has 0 radical (unpaired) electrons. The van der Waals surface area contributed by atoms with E-state index in [4.69, 9.17) is 10.2 Å². The van der Waals surface area contributed by atoms with Gasteiger partial charge in [-0.2, -0.15) is 0 Å². The zero-order valence-corrected chi connectivity index (χ0v) is 18.3. The second kappa shape index (κ2) is 9.41. The molecule has 1 aliphatic rings. The van der Waals surface area contributed by atoms with Crippen LogP contribution in [0.2, 0.25) is 0 Å². The van der Waals surface area contributed by atoms with Gasteiger partial charge in [-0.25, -0.2) is 4.39 Å². The van der Waals surface area contributed by atoms with Gasteiger partial charge >= 0.3 is 0 Å². The molecule has 1 fully saturated rings. The summed E-state index contributed by atoms with van der Waals surface area (Å²) in [6.07, 6.45) is 1.46. The van der Waals surface area contributed by atoms with Gasteiger partial charge < -0.3 is 19.6 Å². The van der Waals surface area contributed by atoms with E-state index in [0.29, 0.717) is 48.9 Å². The Balaban J connectivity index is 1.48. The number of aromatic nitrogens is 1. The quantitative estimate of drug-likeness (QED) is 0.555. The third kappa shape index (κ3) is 4.73. The number of piperazine rings is 1. The van der Waals surface area contributed by atoms with Crippen LogP contribution in [0.4, 0.5) is 4.39 Å². The number of ketones is 1. The smallest absolute Gasteiger partial charge is 0.289 e. The molecule has 172 valence electrons. The normalized spacial score (nSPS) is 14.4. The van der Waals surface area contributed by atoms with Crippen molar-refractivity contribution in [2.75, 3.05) is 32.7 Å². The molecule has 1 saturated heterocycles. The van der Waals surface area contributed by atoms with Gasteiger partial charge in [-0.3, -0.25) is 19.3 Å². The highest BCUT2D eigenvalue weighted by Gasteiger charge is 2.27. The van der Waals surface area contributed by atoms with E-state index in [-0.39, 0.29) is 36.2 Å². The van der Waals surface area contributed by atoms with Crippen molar-refractivity contribution in [2.24, 2.45) is 5.73 Å². The lowest BCUT2D eigenvalue weighted by Gasteiger charge is -2.33. The number of benzene rings is 1. The fourth-order valence-corrected chi connectivity index (χ4v) is 4.08. The maximum absolute atomic E-state index is 14.2. The summed E-state index contributed by atoms with van der Waals surface area (Å²) < 4.78 is 21.1. The van der Waals surface area contributed by atoms with E-state index in [2.05, 4.69) is 0 Å². The zero-order valence-electron chi connectivity index (χ0n) is 18.3. The van der Waals surface area contributed by atoms with Gasteiger partial charge in [0.15, 0.2) is 11.5 Å². The van der Waals surface area contributed by atoms with E-state index < -0.39 is 5.91 Å². The second-order valence-corrected chi connectivity index (χ2v) is 8.04. The van der Waals surface area contributed by atoms with Crippen LogP contribution in [0.25, 0.3) is 0 Å². The van der Waals surface area contributed by atoms with Crippen LogP contribution in [-0.2, 0) is 6.54 Å². The first-order valence-corrected chi connectivity index (χ1v) is 10.7. The summed E-state index contributed by atoms with van der Waals surface area (Å²) in [6.45, 7) is 3.89. The maximum atomic E-state index is 14.2. The van der Waals surface area contributed by atoms with Gasteiger partial charge in [-0.1, -0.05) is 18.2 Å². The van der Waals surface area contributed by atoms with Crippen molar-refractivity contribution in [3.8, 4) is 0 Å². The zero-order chi connectivity index (χ0) is 23.5. The molecule has 3 heterocycles. The Bertz CT molecular complexity index is 1180. The fourth-order valence-electron chi connectivity index (χ4n) is 4.08. The minimum atomic E-state index is -0.640. The average Bonchev–Trinajstić information content (AvgIpc) is 3.44. The number of hydrogen-bond acceptors (Lipinski definition) is 5. The molecule has 0 saturated carbocycles. The Morgan fingerprint density at radius 1 is 1.06 bits per heavy atom. The minimum Gasteiger partial charge on any atom is -0.459 e. The molecular weight excluding hydrogens is 427 g/mol. The van der Waals surface area contributed by atoms with Crippen molar-refractivity contribution in [1.29, 1.82) is 0 Å². The first kappa shape index (κ1) is 22.5. The summed E-state index contributed by atoms with van der Waals surface area (Å²) in [7, 11) is 0. The van der Waals surface area contributed by atoms with E-state index in [1.807, 2.05) is 4.90 Å². The largest absolute Gasteiger partial charge is 0.459 e. The van der Waals surface area contributed by atoms with Gasteiger partial charge in [-0.05, 0) is 31.2 Å². The first-order chi connectivity index (χ1) is 15.8. The lowest BCUT2D eigenvalue weighted by atomic mass is 10.2. The molecule has 1 aliphatic heterocycles. The number of amides is 2. The van der Waals surface area contributed by atoms with Gasteiger partial charge in [0.05, 0.1) is 30.6 Å². The summed E-state index contributed by atoms with van der Waals surface area (Å²) in [4.78, 5) is 41.2. The molecule has 2 N–H and O–H groups in total. The number of hydrogen-bond donors (Lipinski definition) is 1. The Morgan fingerprint density at radius 2 is 1.79 bits per heavy atom. The van der Waals surface area contributed by atoms with Gasteiger partial charge in [0.2, 0.25) is 0 Å². The van der Waals surface area contributed by atoms with Crippen LogP contribution in [0, 0.1) is 12.7 Å². The molecule has 1 aromatic carbocycles. The Labute approximate surface area is 190 Å². The van der Waals surface area contributed by atoms with Crippen LogP contribution in [0.15, 0.2) is 53.1 Å². The lowest BCUT2D eigenvalue weighted by Crippen LogP contribution is -2.50. The number of halogens is 1. The highest BCUT2D eigenvalue weighted by molar-refractivity contribution is 6.01. The summed E-state index contributed by atoms with van der Waals surface area (Å²) >= 11 is 0. The van der Waals surface area contributed by atoms with Crippen molar-refractivity contribution in [1.82, 2.24) is 14.4 Å². The number of nitrogens with two attached hydrogens (primary N) is 1. The summed E-state index contributed by atoms with van der Waals surface area (Å²) in [5, 5.41) is 0. The minimum absolute atomic E-state index is 0.109. The molecule has 3 aromatic rings. The molecule has 4 rings (SSSR count). The molecule has 33 heavy (non-hydrogen) atoms. The van der Waals surface area contributed by atoms with Crippen LogP contribution in [0.5, 0.6) is 0 Å². The number of nitrogens with zero attached hydrogens (tertiary/aromatic N) is 3. The summed E-state index contributed by atoms with van der Waals surface area (Å²) in [5.41, 5.74) is 6.96. The maximum Gasteiger partial charge on any atom is 0.289 e. The topological polar surface area (TPSA) is 102 Å². The van der Waals surface area contributed by atoms with Crippen LogP contribution in [0.1, 0.15) is 42.7 Å². The molecule has 0 unspecified atom stereocenters. The lowest BCUT2D eigenvalue weighted by molar-refractivity contribution is 0.0595. The van der Waals surface area contributed by atoms with E-state index >= 15 is 0 Å². The van der Waals surface area contributed by atoms with Crippen molar-refractivity contribution in [2.45, 2.75) is 13.5 Å². The van der Waals surface area contributed by atoms with Gasteiger partial charge in [-0.15, -0.1) is 0 Å². The van der Waals surface area contributed by atoms with Crippen LogP contribution < -0.4 is 5.73 Å². The van der Waals surface area contributed by atoms with E-state index in [1.165, 1.54) is 18.4 Å². The van der Waals surface area contributed by atoms with Crippen LogP contribution in [0.3, 0.4) is 0 Å². The van der Waals surface area contributed by atoms with Crippen molar-refractivity contribution >= 4 is 17.6 Å². The van der Waals surface area contributed by atoms with Crippen molar-refractivity contribution in [3.05, 3.63) is 82.8 Å². The van der Waals surface area contributed by atoms with Gasteiger partial charge in [0.25, 0.3) is 11.8 Å². The average molecular weight is 452 g/mol.